The molecule has 0 heterocycles. The number of hydrogen-bond donors (Lipinski definition) is 3. The lowest BCUT2D eigenvalue weighted by Crippen LogP contribution is -2.29. The van der Waals surface area contributed by atoms with Crippen LogP contribution in [0.5, 0.6) is 0 Å². The van der Waals surface area contributed by atoms with Gasteiger partial charge in [0.15, 0.2) is 6.10 Å². The fourth-order valence-electron chi connectivity index (χ4n) is 3.91. The highest BCUT2D eigenvalue weighted by molar-refractivity contribution is 5.82. The molecule has 210 valence electrons. The predicted molar refractivity (Wildman–Crippen MR) is 135 cm³/mol. The monoisotopic (exact) mass is 516 g/mol. The first-order chi connectivity index (χ1) is 17.3. The molecule has 9 heteroatoms. The highest BCUT2D eigenvalue weighted by atomic mass is 16.6. The van der Waals surface area contributed by atoms with Crippen LogP contribution in [-0.4, -0.2) is 58.5 Å². The van der Waals surface area contributed by atoms with E-state index >= 15 is 0 Å². The van der Waals surface area contributed by atoms with Crippen LogP contribution in [-0.2, 0) is 28.7 Å². The molecule has 0 fully saturated rings. The van der Waals surface area contributed by atoms with Gasteiger partial charge in [0.2, 0.25) is 0 Å². The first kappa shape index (κ1) is 33.8. The summed E-state index contributed by atoms with van der Waals surface area (Å²) in [6, 6.07) is 0. The topological polar surface area (TPSA) is 147 Å². The van der Waals surface area contributed by atoms with E-state index < -0.39 is 62.0 Å². The van der Waals surface area contributed by atoms with Gasteiger partial charge >= 0.3 is 23.9 Å². The van der Waals surface area contributed by atoms with Gasteiger partial charge in [-0.05, 0) is 6.42 Å². The molecule has 0 saturated carbocycles. The van der Waals surface area contributed by atoms with Crippen LogP contribution >= 0.6 is 0 Å². The molecule has 0 radical (unpaired) electrons. The third kappa shape index (κ3) is 21.1. The summed E-state index contributed by atoms with van der Waals surface area (Å²) in [6.07, 6.45) is 16.2. The zero-order valence-corrected chi connectivity index (χ0v) is 22.1. The van der Waals surface area contributed by atoms with Crippen LogP contribution < -0.4 is 0 Å². The molecule has 0 aliphatic rings. The van der Waals surface area contributed by atoms with Crippen LogP contribution in [0.4, 0.5) is 0 Å². The SMILES string of the molecule is CCCCCCCCCCCCCCCCCC(=O)OC(CO)COC(=O)CC(CC(=O)O)C(=O)O. The molecule has 2 atom stereocenters. The van der Waals surface area contributed by atoms with E-state index in [0.717, 1.165) is 19.3 Å². The van der Waals surface area contributed by atoms with Gasteiger partial charge in [-0.15, -0.1) is 0 Å². The van der Waals surface area contributed by atoms with Crippen LogP contribution in [0.1, 0.15) is 122 Å². The summed E-state index contributed by atoms with van der Waals surface area (Å²) in [6.45, 7) is 1.28. The third-order valence-electron chi connectivity index (χ3n) is 6.10. The molecule has 0 aromatic rings. The van der Waals surface area contributed by atoms with E-state index in [1.807, 2.05) is 0 Å². The van der Waals surface area contributed by atoms with Crippen molar-refractivity contribution in [3.63, 3.8) is 0 Å². The number of aliphatic hydroxyl groups excluding tert-OH is 1. The van der Waals surface area contributed by atoms with E-state index in [4.69, 9.17) is 19.7 Å². The van der Waals surface area contributed by atoms with E-state index in [1.54, 1.807) is 0 Å². The van der Waals surface area contributed by atoms with E-state index in [1.165, 1.54) is 70.6 Å². The smallest absolute Gasteiger partial charge is 0.307 e. The van der Waals surface area contributed by atoms with E-state index in [2.05, 4.69) is 6.92 Å². The van der Waals surface area contributed by atoms with Gasteiger partial charge in [-0.1, -0.05) is 96.8 Å². The number of ether oxygens (including phenoxy) is 2. The molecule has 0 amide bonds. The molecule has 0 aliphatic carbocycles. The van der Waals surface area contributed by atoms with Gasteiger partial charge in [-0.2, -0.15) is 0 Å². The van der Waals surface area contributed by atoms with Crippen LogP contribution in [0.2, 0.25) is 0 Å². The normalized spacial score (nSPS) is 12.6. The van der Waals surface area contributed by atoms with Crippen molar-refractivity contribution in [2.75, 3.05) is 13.2 Å². The zero-order chi connectivity index (χ0) is 27.0. The van der Waals surface area contributed by atoms with Crippen molar-refractivity contribution in [3.05, 3.63) is 0 Å². The van der Waals surface area contributed by atoms with Crippen LogP contribution in [0.15, 0.2) is 0 Å². The minimum absolute atomic E-state index is 0.211. The lowest BCUT2D eigenvalue weighted by atomic mass is 10.0. The molecule has 0 spiro atoms. The fraction of sp³-hybridized carbons (Fsp3) is 0.852. The molecule has 9 nitrogen and oxygen atoms in total. The van der Waals surface area contributed by atoms with Gasteiger partial charge in [0.1, 0.15) is 6.61 Å². The van der Waals surface area contributed by atoms with Crippen molar-refractivity contribution >= 4 is 23.9 Å². The number of unbranched alkanes of at least 4 members (excludes halogenated alkanes) is 14. The number of hydrogen-bond acceptors (Lipinski definition) is 7. The van der Waals surface area contributed by atoms with Crippen molar-refractivity contribution in [1.82, 2.24) is 0 Å². The van der Waals surface area contributed by atoms with Gasteiger partial charge in [-0.3, -0.25) is 19.2 Å². The maximum Gasteiger partial charge on any atom is 0.307 e. The van der Waals surface area contributed by atoms with Crippen molar-refractivity contribution < 1.29 is 44.0 Å². The van der Waals surface area contributed by atoms with Crippen LogP contribution in [0.3, 0.4) is 0 Å². The maximum absolute atomic E-state index is 12.0. The number of carboxylic acid groups (broad SMARTS) is 2. The molecule has 0 aromatic heterocycles. The summed E-state index contributed by atoms with van der Waals surface area (Å²) in [5.41, 5.74) is 0. The molecular weight excluding hydrogens is 468 g/mol. The fourth-order valence-corrected chi connectivity index (χ4v) is 3.91. The highest BCUT2D eigenvalue weighted by Crippen LogP contribution is 2.14. The molecule has 0 bridgehead atoms. The molecule has 2 unspecified atom stereocenters. The molecule has 0 aromatic carbocycles. The second-order valence-electron chi connectivity index (χ2n) is 9.51. The number of aliphatic hydroxyl groups is 1. The lowest BCUT2D eigenvalue weighted by Gasteiger charge is -2.16. The third-order valence-corrected chi connectivity index (χ3v) is 6.10. The van der Waals surface area contributed by atoms with Crippen molar-refractivity contribution in [1.29, 1.82) is 0 Å². The first-order valence-corrected chi connectivity index (χ1v) is 13.7. The summed E-state index contributed by atoms with van der Waals surface area (Å²) in [4.78, 5) is 45.4. The first-order valence-electron chi connectivity index (χ1n) is 13.7. The Morgan fingerprint density at radius 3 is 1.56 bits per heavy atom. The average Bonchev–Trinajstić information content (AvgIpc) is 2.83. The Morgan fingerprint density at radius 2 is 1.14 bits per heavy atom. The number of aliphatic carboxylic acids is 2. The summed E-state index contributed by atoms with van der Waals surface area (Å²) in [7, 11) is 0. The predicted octanol–water partition coefficient (Wildman–Crippen LogP) is 5.26. The van der Waals surface area contributed by atoms with Gasteiger partial charge in [0.25, 0.3) is 0 Å². The molecule has 0 aliphatic heterocycles. The highest BCUT2D eigenvalue weighted by Gasteiger charge is 2.26. The Hall–Kier alpha value is -2.16. The molecule has 0 saturated heterocycles. The molecular formula is C27H48O9. The number of esters is 2. The van der Waals surface area contributed by atoms with Crippen LogP contribution in [0, 0.1) is 5.92 Å². The van der Waals surface area contributed by atoms with Crippen molar-refractivity contribution in [2.24, 2.45) is 5.92 Å². The molecule has 36 heavy (non-hydrogen) atoms. The van der Waals surface area contributed by atoms with E-state index in [9.17, 15) is 24.3 Å². The van der Waals surface area contributed by atoms with Crippen LogP contribution in [0.25, 0.3) is 0 Å². The summed E-state index contributed by atoms with van der Waals surface area (Å²) < 4.78 is 9.97. The van der Waals surface area contributed by atoms with E-state index in [-0.39, 0.29) is 6.42 Å². The van der Waals surface area contributed by atoms with Gasteiger partial charge in [0, 0.05) is 6.42 Å². The zero-order valence-electron chi connectivity index (χ0n) is 22.1. The Balaban J connectivity index is 3.75. The Bertz CT molecular complexity index is 606. The minimum atomic E-state index is -1.41. The number of carboxylic acids is 2. The molecule has 0 rings (SSSR count). The summed E-state index contributed by atoms with van der Waals surface area (Å²) in [5, 5.41) is 27.0. The molecule has 3 N–H and O–H groups in total. The maximum atomic E-state index is 12.0. The average molecular weight is 517 g/mol. The lowest BCUT2D eigenvalue weighted by molar-refractivity contribution is -0.163. The quantitative estimate of drug-likeness (QED) is 0.109. The van der Waals surface area contributed by atoms with Crippen molar-refractivity contribution in [3.8, 4) is 0 Å². The number of carbonyl (C=O) groups excluding carboxylic acids is 2. The second-order valence-corrected chi connectivity index (χ2v) is 9.51. The van der Waals surface area contributed by atoms with Gasteiger partial charge < -0.3 is 24.8 Å². The summed E-state index contributed by atoms with van der Waals surface area (Å²) >= 11 is 0. The van der Waals surface area contributed by atoms with Gasteiger partial charge in [-0.25, -0.2) is 0 Å². The standard InChI is InChI=1S/C27H48O9/c1-2-3-4-5-6-7-8-9-10-11-12-13-14-15-16-17-25(31)36-23(20-28)21-35-26(32)19-22(27(33)34)18-24(29)30/h22-23,28H,2-21H2,1H3,(H,29,30)(H,33,34). The largest absolute Gasteiger partial charge is 0.481 e. The van der Waals surface area contributed by atoms with Crippen molar-refractivity contribution in [2.45, 2.75) is 129 Å². The Kier molecular flexibility index (Phi) is 21.9. The summed E-state index contributed by atoms with van der Waals surface area (Å²) in [5.74, 6) is -5.58. The second kappa shape index (κ2) is 23.3. The van der Waals surface area contributed by atoms with E-state index in [0.29, 0.717) is 6.42 Å². The number of carbonyl (C=O) groups is 4. The minimum Gasteiger partial charge on any atom is -0.481 e. The Labute approximate surface area is 215 Å². The Morgan fingerprint density at radius 1 is 0.667 bits per heavy atom. The van der Waals surface area contributed by atoms with Gasteiger partial charge in [0.05, 0.1) is 25.4 Å². The number of rotatable bonds is 25.